The second-order valence-corrected chi connectivity index (χ2v) is 6.31. The van der Waals surface area contributed by atoms with Gasteiger partial charge in [0, 0.05) is 23.5 Å². The fraction of sp³-hybridized carbons (Fsp3) is 0.833. The van der Waals surface area contributed by atoms with Gasteiger partial charge in [-0.05, 0) is 40.5 Å². The molecule has 3 heteroatoms. The lowest BCUT2D eigenvalue weighted by molar-refractivity contribution is 0.288. The molecule has 0 unspecified atom stereocenters. The minimum Gasteiger partial charge on any atom is -0.299 e. The smallest absolute Gasteiger partial charge is 0.0714 e. The highest BCUT2D eigenvalue weighted by Crippen LogP contribution is 2.39. The number of nitrogens with zero attached hydrogens (tertiary/aromatic N) is 2. The zero-order valence-electron chi connectivity index (χ0n) is 10.9. The summed E-state index contributed by atoms with van der Waals surface area (Å²) in [5.41, 5.74) is 0.472. The molecule has 0 spiro atoms. The Labute approximate surface area is 99.0 Å². The summed E-state index contributed by atoms with van der Waals surface area (Å²) in [5.74, 6) is 0. The van der Waals surface area contributed by atoms with E-state index in [0.29, 0.717) is 0 Å². The van der Waals surface area contributed by atoms with E-state index in [1.165, 1.54) is 0 Å². The van der Waals surface area contributed by atoms with Crippen LogP contribution >= 0.6 is 12.1 Å². The summed E-state index contributed by atoms with van der Waals surface area (Å²) in [5, 5.41) is 0. The molecule has 1 rings (SSSR count). The van der Waals surface area contributed by atoms with Gasteiger partial charge in [-0.25, -0.2) is 0 Å². The third kappa shape index (κ3) is 2.63. The Kier molecular flexibility index (Phi) is 3.64. The van der Waals surface area contributed by atoms with Crippen LogP contribution in [0.4, 0.5) is 0 Å². The average molecular weight is 228 g/mol. The number of rotatable bonds is 4. The fourth-order valence-electron chi connectivity index (χ4n) is 1.21. The summed E-state index contributed by atoms with van der Waals surface area (Å²) in [6.45, 7) is 13.6. The molecule has 0 radical (unpaired) electrons. The van der Waals surface area contributed by atoms with Crippen molar-refractivity contribution in [2.75, 3.05) is 0 Å². The van der Waals surface area contributed by atoms with Crippen LogP contribution < -0.4 is 0 Å². The average Bonchev–Trinajstić information content (AvgIpc) is 2.67. The van der Waals surface area contributed by atoms with E-state index in [1.807, 2.05) is 12.1 Å². The van der Waals surface area contributed by atoms with Gasteiger partial charge in [-0.3, -0.25) is 8.61 Å². The summed E-state index contributed by atoms with van der Waals surface area (Å²) >= 11 is 1.83. The van der Waals surface area contributed by atoms with Crippen molar-refractivity contribution >= 4 is 12.1 Å². The topological polar surface area (TPSA) is 6.48 Å². The van der Waals surface area contributed by atoms with Crippen LogP contribution in [0.3, 0.4) is 0 Å². The summed E-state index contributed by atoms with van der Waals surface area (Å²) < 4.78 is 4.70. The van der Waals surface area contributed by atoms with Gasteiger partial charge in [-0.15, -0.1) is 0 Å². The largest absolute Gasteiger partial charge is 0.299 e. The SMILES string of the molecule is CCC(C)(C)N1C=CN(C(C)(C)CC)S1. The third-order valence-electron chi connectivity index (χ3n) is 3.44. The second kappa shape index (κ2) is 4.28. The van der Waals surface area contributed by atoms with Crippen molar-refractivity contribution in [2.24, 2.45) is 0 Å². The van der Waals surface area contributed by atoms with Crippen molar-refractivity contribution in [3.63, 3.8) is 0 Å². The second-order valence-electron chi connectivity index (χ2n) is 5.36. The van der Waals surface area contributed by atoms with Crippen molar-refractivity contribution in [3.8, 4) is 0 Å². The molecular formula is C12H24N2S. The van der Waals surface area contributed by atoms with Crippen LogP contribution in [-0.4, -0.2) is 19.7 Å². The molecular weight excluding hydrogens is 204 g/mol. The zero-order chi connectivity index (χ0) is 11.7. The molecule has 0 N–H and O–H groups in total. The number of hydrogen-bond acceptors (Lipinski definition) is 3. The molecule has 0 amide bonds. The Balaban J connectivity index is 2.66. The van der Waals surface area contributed by atoms with Gasteiger partial charge in [0.25, 0.3) is 0 Å². The van der Waals surface area contributed by atoms with E-state index in [-0.39, 0.29) is 11.1 Å². The van der Waals surface area contributed by atoms with Crippen LogP contribution in [0.1, 0.15) is 54.4 Å². The van der Waals surface area contributed by atoms with Crippen molar-refractivity contribution < 1.29 is 0 Å². The Bertz CT molecular complexity index is 222. The summed E-state index contributed by atoms with van der Waals surface area (Å²) in [6.07, 6.45) is 6.71. The lowest BCUT2D eigenvalue weighted by atomic mass is 10.0. The maximum absolute atomic E-state index is 2.35. The molecule has 0 aromatic carbocycles. The summed E-state index contributed by atoms with van der Waals surface area (Å²) in [6, 6.07) is 0. The molecule has 0 saturated carbocycles. The van der Waals surface area contributed by atoms with E-state index >= 15 is 0 Å². The number of hydrogen-bond donors (Lipinski definition) is 0. The molecule has 1 heterocycles. The lowest BCUT2D eigenvalue weighted by Crippen LogP contribution is -2.38. The quantitative estimate of drug-likeness (QED) is 0.671. The molecule has 0 aliphatic carbocycles. The van der Waals surface area contributed by atoms with Gasteiger partial charge in [-0.2, -0.15) is 0 Å². The minimum atomic E-state index is 0.236. The monoisotopic (exact) mass is 228 g/mol. The normalized spacial score (nSPS) is 17.7. The van der Waals surface area contributed by atoms with Crippen LogP contribution in [0.15, 0.2) is 12.4 Å². The van der Waals surface area contributed by atoms with E-state index in [2.05, 4.69) is 62.6 Å². The molecule has 1 aliphatic heterocycles. The van der Waals surface area contributed by atoms with Gasteiger partial charge >= 0.3 is 0 Å². The molecule has 0 aromatic rings. The van der Waals surface area contributed by atoms with Gasteiger partial charge in [0.15, 0.2) is 0 Å². The highest BCUT2D eigenvalue weighted by atomic mass is 32.2. The van der Waals surface area contributed by atoms with Gasteiger partial charge in [-0.1, -0.05) is 13.8 Å². The van der Waals surface area contributed by atoms with Gasteiger partial charge < -0.3 is 0 Å². The first-order chi connectivity index (χ1) is 6.83. The maximum atomic E-state index is 2.35. The van der Waals surface area contributed by atoms with Crippen LogP contribution in [0.25, 0.3) is 0 Å². The van der Waals surface area contributed by atoms with E-state index in [1.54, 1.807) is 0 Å². The highest BCUT2D eigenvalue weighted by Gasteiger charge is 2.33. The van der Waals surface area contributed by atoms with Crippen molar-refractivity contribution in [2.45, 2.75) is 65.5 Å². The lowest BCUT2D eigenvalue weighted by Gasteiger charge is -2.38. The first-order valence-corrected chi connectivity index (χ1v) is 6.51. The Morgan fingerprint density at radius 2 is 1.20 bits per heavy atom. The molecule has 0 fully saturated rings. The summed E-state index contributed by atoms with van der Waals surface area (Å²) in [4.78, 5) is 0. The molecule has 0 bridgehead atoms. The van der Waals surface area contributed by atoms with Crippen LogP contribution in [0, 0.1) is 0 Å². The van der Waals surface area contributed by atoms with Crippen molar-refractivity contribution in [1.29, 1.82) is 0 Å². The molecule has 15 heavy (non-hydrogen) atoms. The first-order valence-electron chi connectivity index (χ1n) is 5.78. The molecule has 0 saturated heterocycles. The van der Waals surface area contributed by atoms with Gasteiger partial charge in [0.05, 0.1) is 12.1 Å². The Morgan fingerprint density at radius 1 is 0.867 bits per heavy atom. The van der Waals surface area contributed by atoms with Crippen LogP contribution in [0.2, 0.25) is 0 Å². The van der Waals surface area contributed by atoms with Crippen molar-refractivity contribution in [3.05, 3.63) is 12.4 Å². The van der Waals surface area contributed by atoms with E-state index in [9.17, 15) is 0 Å². The Hall–Kier alpha value is -0.310. The van der Waals surface area contributed by atoms with Crippen molar-refractivity contribution in [1.82, 2.24) is 8.61 Å². The maximum Gasteiger partial charge on any atom is 0.0714 e. The predicted molar refractivity (Wildman–Crippen MR) is 69.1 cm³/mol. The minimum absolute atomic E-state index is 0.236. The molecule has 1 aliphatic rings. The summed E-state index contributed by atoms with van der Waals surface area (Å²) in [7, 11) is 0. The molecule has 0 aromatic heterocycles. The van der Waals surface area contributed by atoms with Crippen LogP contribution in [0.5, 0.6) is 0 Å². The first kappa shape index (κ1) is 12.8. The third-order valence-corrected chi connectivity index (χ3v) is 5.02. The highest BCUT2D eigenvalue weighted by molar-refractivity contribution is 7.95. The predicted octanol–water partition coefficient (Wildman–Crippen LogP) is 4.02. The van der Waals surface area contributed by atoms with Gasteiger partial charge in [0.1, 0.15) is 0 Å². The van der Waals surface area contributed by atoms with E-state index in [4.69, 9.17) is 0 Å². The zero-order valence-corrected chi connectivity index (χ0v) is 11.7. The van der Waals surface area contributed by atoms with Gasteiger partial charge in [0.2, 0.25) is 0 Å². The van der Waals surface area contributed by atoms with E-state index in [0.717, 1.165) is 12.8 Å². The van der Waals surface area contributed by atoms with E-state index < -0.39 is 0 Å². The standard InChI is InChI=1S/C12H24N2S/c1-7-11(3,4)13-9-10-14(15-13)12(5,6)8-2/h9-10H,7-8H2,1-6H3. The molecule has 0 atom stereocenters. The molecule has 2 nitrogen and oxygen atoms in total. The fourth-order valence-corrected chi connectivity index (χ4v) is 2.31. The molecule has 88 valence electrons. The van der Waals surface area contributed by atoms with Crippen LogP contribution in [-0.2, 0) is 0 Å². The Morgan fingerprint density at radius 3 is 1.47 bits per heavy atom.